The lowest BCUT2D eigenvalue weighted by Gasteiger charge is -2.35. The van der Waals surface area contributed by atoms with E-state index in [4.69, 9.17) is 15.6 Å². The van der Waals surface area contributed by atoms with Gasteiger partial charge in [0.1, 0.15) is 16.7 Å². The van der Waals surface area contributed by atoms with Gasteiger partial charge in [-0.05, 0) is 56.5 Å². The molecule has 1 fully saturated rings. The van der Waals surface area contributed by atoms with E-state index in [1.54, 1.807) is 18.2 Å². The first kappa shape index (κ1) is 29.6. The van der Waals surface area contributed by atoms with Gasteiger partial charge in [-0.15, -0.1) is 4.40 Å². The van der Waals surface area contributed by atoms with Crippen LogP contribution in [-0.2, 0) is 22.1 Å². The van der Waals surface area contributed by atoms with Gasteiger partial charge in [0, 0.05) is 50.7 Å². The third-order valence-electron chi connectivity index (χ3n) is 6.91. The maximum absolute atomic E-state index is 12.8. The highest BCUT2D eigenvalue weighted by molar-refractivity contribution is 7.84. The van der Waals surface area contributed by atoms with Crippen molar-refractivity contribution < 1.29 is 18.4 Å². The Bertz CT molecular complexity index is 1310. The van der Waals surface area contributed by atoms with Crippen molar-refractivity contribution in [3.8, 4) is 11.1 Å². The number of aliphatic hydroxyl groups excluding tert-OH is 1. The molecule has 5 rings (SSSR count). The first-order valence-electron chi connectivity index (χ1n) is 13.3. The number of hydrogen-bond acceptors (Lipinski definition) is 8. The van der Waals surface area contributed by atoms with Crippen LogP contribution >= 0.6 is 0 Å². The van der Waals surface area contributed by atoms with E-state index >= 15 is 0 Å². The number of piperazine rings is 1. The highest BCUT2D eigenvalue weighted by atomic mass is 32.2. The molecule has 3 N–H and O–H groups in total. The molecule has 0 amide bonds. The molecule has 0 saturated carbocycles. The zero-order chi connectivity index (χ0) is 28.7. The molecule has 9 nitrogen and oxygen atoms in total. The number of amidine groups is 1. The number of anilines is 1. The molecule has 2 unspecified atom stereocenters. The quantitative estimate of drug-likeness (QED) is 0.464. The molecule has 2 atom stereocenters. The molecule has 1 saturated heterocycles. The van der Waals surface area contributed by atoms with E-state index in [1.165, 1.54) is 6.07 Å². The van der Waals surface area contributed by atoms with Crippen LogP contribution in [0.3, 0.4) is 0 Å². The van der Waals surface area contributed by atoms with Crippen LogP contribution < -0.4 is 10.6 Å². The number of aryl methyl sites for hydroxylation is 1. The number of hydrogen-bond donors (Lipinski definition) is 2. The van der Waals surface area contributed by atoms with Crippen molar-refractivity contribution in [3.63, 3.8) is 0 Å². The summed E-state index contributed by atoms with van der Waals surface area (Å²) in [5.74, 6) is 0.589. The molecule has 2 aliphatic heterocycles. The van der Waals surface area contributed by atoms with E-state index in [2.05, 4.69) is 31.2 Å². The van der Waals surface area contributed by atoms with Crippen LogP contribution in [0.2, 0.25) is 0 Å². The number of aliphatic hydroxyl groups is 1. The Morgan fingerprint density at radius 3 is 2.30 bits per heavy atom. The number of ether oxygens (including phenoxy) is 1. The van der Waals surface area contributed by atoms with Crippen molar-refractivity contribution >= 4 is 23.0 Å². The van der Waals surface area contributed by atoms with Crippen molar-refractivity contribution in [2.75, 3.05) is 44.7 Å². The van der Waals surface area contributed by atoms with Crippen molar-refractivity contribution in [2.24, 2.45) is 10.1 Å². The molecular weight excluding hydrogens is 531 g/mol. The fraction of sp³-hybridized carbons (Fsp3) is 0.414. The number of rotatable bonds is 6. The molecule has 3 heterocycles. The molecule has 2 aliphatic rings. The second kappa shape index (κ2) is 13.3. The van der Waals surface area contributed by atoms with Gasteiger partial charge in [-0.1, -0.05) is 42.5 Å². The zero-order valence-electron chi connectivity index (χ0n) is 23.2. The van der Waals surface area contributed by atoms with Crippen LogP contribution in [0.5, 0.6) is 0 Å². The van der Waals surface area contributed by atoms with Crippen LogP contribution in [0.25, 0.3) is 11.1 Å². The molecule has 11 heteroatoms. The molecular formula is C29H37FN6O3S. The van der Waals surface area contributed by atoms with Crippen molar-refractivity contribution in [3.05, 3.63) is 77.9 Å². The number of likely N-dealkylation sites (N-methyl/N-ethyl adjacent to an activating group) is 1. The standard InChI is InChI=1S/C20H26N6O2S.C9H11FO/c1-20(2)17(29(27)24-18(21)28-20)15-6-4-14(5-7-15)16-12-22-19(23-13-16)26-10-8-25(3)9-11-26;10-9-6-2-1-4-8(9)5-3-7-11/h4-7,12-13,17H,8-11H2,1-3H3,(H2,21,24);1-2,4,6,11H,3,5,7H2. The van der Waals surface area contributed by atoms with Crippen LogP contribution in [-0.4, -0.2) is 75.6 Å². The smallest absolute Gasteiger partial charge is 0.296 e. The molecule has 0 bridgehead atoms. The molecule has 214 valence electrons. The Labute approximate surface area is 237 Å². The van der Waals surface area contributed by atoms with Gasteiger partial charge in [-0.2, -0.15) is 0 Å². The molecule has 0 spiro atoms. The Kier molecular flexibility index (Phi) is 9.83. The lowest BCUT2D eigenvalue weighted by molar-refractivity contribution is 0.0848. The Morgan fingerprint density at radius 1 is 1.05 bits per heavy atom. The van der Waals surface area contributed by atoms with E-state index in [1.807, 2.05) is 50.5 Å². The third kappa shape index (κ3) is 7.41. The number of benzene rings is 2. The van der Waals surface area contributed by atoms with Gasteiger partial charge in [0.05, 0.1) is 0 Å². The lowest BCUT2D eigenvalue weighted by atomic mass is 9.96. The SMILES string of the molecule is CN1CCN(c2ncc(-c3ccc(C4S(=O)N=C(N)OC4(C)C)cc3)cn2)CC1.OCCCc1ccccc1F. The summed E-state index contributed by atoms with van der Waals surface area (Å²) >= 11 is 0. The predicted molar refractivity (Wildman–Crippen MR) is 157 cm³/mol. The lowest BCUT2D eigenvalue weighted by Crippen LogP contribution is -2.45. The second-order valence-electron chi connectivity index (χ2n) is 10.4. The number of aromatic nitrogens is 2. The minimum absolute atomic E-state index is 0.0289. The molecule has 3 aromatic rings. The normalized spacial score (nSPS) is 20.6. The van der Waals surface area contributed by atoms with Gasteiger partial charge in [0.2, 0.25) is 5.95 Å². The van der Waals surface area contributed by atoms with Crippen LogP contribution in [0.4, 0.5) is 10.3 Å². The van der Waals surface area contributed by atoms with Crippen LogP contribution in [0.1, 0.15) is 36.6 Å². The summed E-state index contributed by atoms with van der Waals surface area (Å²) < 4.78 is 34.9. The Balaban J connectivity index is 0.000000283. The monoisotopic (exact) mass is 568 g/mol. The molecule has 0 radical (unpaired) electrons. The molecule has 2 aromatic carbocycles. The second-order valence-corrected chi connectivity index (χ2v) is 11.6. The van der Waals surface area contributed by atoms with E-state index < -0.39 is 16.6 Å². The van der Waals surface area contributed by atoms with Gasteiger partial charge < -0.3 is 25.4 Å². The number of nitrogens with two attached hydrogens (primary N) is 1. The maximum Gasteiger partial charge on any atom is 0.296 e. The summed E-state index contributed by atoms with van der Waals surface area (Å²) in [6.45, 7) is 7.78. The minimum Gasteiger partial charge on any atom is -0.457 e. The van der Waals surface area contributed by atoms with Crippen molar-refractivity contribution in [2.45, 2.75) is 37.5 Å². The fourth-order valence-electron chi connectivity index (χ4n) is 4.70. The molecule has 0 aliphatic carbocycles. The first-order valence-corrected chi connectivity index (χ1v) is 14.5. The van der Waals surface area contributed by atoms with E-state index in [9.17, 15) is 8.60 Å². The number of halogens is 1. The zero-order valence-corrected chi connectivity index (χ0v) is 24.0. The highest BCUT2D eigenvalue weighted by Crippen LogP contribution is 2.38. The van der Waals surface area contributed by atoms with E-state index in [0.29, 0.717) is 18.4 Å². The van der Waals surface area contributed by atoms with Gasteiger partial charge in [-0.25, -0.2) is 18.6 Å². The maximum atomic E-state index is 12.8. The average Bonchev–Trinajstić information content (AvgIpc) is 2.93. The summed E-state index contributed by atoms with van der Waals surface area (Å²) in [4.78, 5) is 13.6. The van der Waals surface area contributed by atoms with Gasteiger partial charge >= 0.3 is 0 Å². The molecule has 40 heavy (non-hydrogen) atoms. The van der Waals surface area contributed by atoms with Gasteiger partial charge in [0.15, 0.2) is 11.0 Å². The number of nitrogens with zero attached hydrogens (tertiary/aromatic N) is 5. The van der Waals surface area contributed by atoms with Crippen molar-refractivity contribution in [1.82, 2.24) is 14.9 Å². The summed E-state index contributed by atoms with van der Waals surface area (Å²) in [5.41, 5.74) is 8.44. The molecule has 1 aromatic heterocycles. The van der Waals surface area contributed by atoms with Crippen molar-refractivity contribution in [1.29, 1.82) is 0 Å². The largest absolute Gasteiger partial charge is 0.457 e. The van der Waals surface area contributed by atoms with Gasteiger partial charge in [0.25, 0.3) is 6.02 Å². The summed E-state index contributed by atoms with van der Waals surface area (Å²) in [7, 11) is 0.643. The van der Waals surface area contributed by atoms with E-state index in [0.717, 1.165) is 48.8 Å². The summed E-state index contributed by atoms with van der Waals surface area (Å²) in [5, 5.41) is 8.11. The average molecular weight is 569 g/mol. The van der Waals surface area contributed by atoms with Gasteiger partial charge in [-0.3, -0.25) is 0 Å². The van der Waals surface area contributed by atoms with Crippen LogP contribution in [0.15, 0.2) is 65.3 Å². The topological polar surface area (TPSA) is 117 Å². The fourth-order valence-corrected chi connectivity index (χ4v) is 5.95. The predicted octanol–water partition coefficient (Wildman–Crippen LogP) is 3.47. The Hall–Kier alpha value is -3.41. The summed E-state index contributed by atoms with van der Waals surface area (Å²) in [6.07, 6.45) is 4.95. The summed E-state index contributed by atoms with van der Waals surface area (Å²) in [6, 6.07) is 14.5. The van der Waals surface area contributed by atoms with Crippen LogP contribution in [0, 0.1) is 5.82 Å². The highest BCUT2D eigenvalue weighted by Gasteiger charge is 2.41. The Morgan fingerprint density at radius 2 is 1.70 bits per heavy atom. The van der Waals surface area contributed by atoms with E-state index in [-0.39, 0.29) is 23.7 Å². The first-order chi connectivity index (χ1) is 19.2. The third-order valence-corrected chi connectivity index (χ3v) is 8.52. The minimum atomic E-state index is -1.48.